The van der Waals surface area contributed by atoms with Crippen LogP contribution in [0.1, 0.15) is 64.6 Å². The Morgan fingerprint density at radius 3 is 2.58 bits per heavy atom. The van der Waals surface area contributed by atoms with Crippen LogP contribution in [-0.2, 0) is 10.5 Å². The number of fused-ring (bicyclic) bond motifs is 1. The summed E-state index contributed by atoms with van der Waals surface area (Å²) in [4.78, 5) is 0. The largest absolute Gasteiger partial charge is 0.464 e. The van der Waals surface area contributed by atoms with Gasteiger partial charge in [0.1, 0.15) is 5.52 Å². The van der Waals surface area contributed by atoms with Gasteiger partial charge < -0.3 is 9.15 Å². The van der Waals surface area contributed by atoms with Crippen molar-refractivity contribution in [3.63, 3.8) is 0 Å². The number of nitrogens with zero attached hydrogens (tertiary/aromatic N) is 3. The Hall–Kier alpha value is -2.14. The van der Waals surface area contributed by atoms with Crippen molar-refractivity contribution in [2.24, 2.45) is 0 Å². The number of hydrogen-bond acceptors (Lipinski definition) is 4. The number of benzene rings is 1. The van der Waals surface area contributed by atoms with E-state index >= 15 is 0 Å². The topological polar surface area (TPSA) is 53.1 Å². The molecule has 26 heavy (non-hydrogen) atoms. The van der Waals surface area contributed by atoms with Crippen LogP contribution in [0.4, 0.5) is 0 Å². The van der Waals surface area contributed by atoms with Gasteiger partial charge in [-0.15, -0.1) is 5.10 Å². The minimum atomic E-state index is -0.751. The van der Waals surface area contributed by atoms with E-state index in [0.29, 0.717) is 6.61 Å². The summed E-state index contributed by atoms with van der Waals surface area (Å²) < 4.78 is 14.0. The zero-order valence-corrected chi connectivity index (χ0v) is 15.9. The molecule has 3 rings (SSSR count). The molecule has 0 aliphatic rings. The van der Waals surface area contributed by atoms with Crippen molar-refractivity contribution in [3.05, 3.63) is 48.4 Å². The lowest BCUT2D eigenvalue weighted by Gasteiger charge is -2.32. The molecule has 2 aromatic heterocycles. The van der Waals surface area contributed by atoms with E-state index in [1.165, 1.54) is 32.1 Å². The van der Waals surface area contributed by atoms with Crippen LogP contribution >= 0.6 is 0 Å². The Morgan fingerprint density at radius 1 is 1.00 bits per heavy atom. The van der Waals surface area contributed by atoms with Crippen molar-refractivity contribution in [1.29, 1.82) is 0 Å². The Balaban J connectivity index is 1.90. The maximum atomic E-state index is 6.32. The van der Waals surface area contributed by atoms with Crippen molar-refractivity contribution in [2.45, 2.75) is 64.5 Å². The van der Waals surface area contributed by atoms with Crippen molar-refractivity contribution < 1.29 is 9.15 Å². The third-order valence-corrected chi connectivity index (χ3v) is 4.85. The zero-order valence-electron chi connectivity index (χ0n) is 15.9. The molecule has 0 amide bonds. The standard InChI is InChI=1S/C21H29N3O2/c1-3-5-6-7-8-11-16-21(26-4-2,20-15-12-17-25-20)24-19-14-10-9-13-18(19)22-23-24/h9-10,12-15,17H,3-8,11,16H2,1-2H3. The van der Waals surface area contributed by atoms with Crippen molar-refractivity contribution in [3.8, 4) is 0 Å². The van der Waals surface area contributed by atoms with E-state index in [4.69, 9.17) is 9.15 Å². The molecule has 1 aromatic carbocycles. The van der Waals surface area contributed by atoms with Gasteiger partial charge in [0.15, 0.2) is 5.76 Å². The zero-order chi connectivity index (χ0) is 18.2. The number of unbranched alkanes of at least 4 members (excludes halogenated alkanes) is 5. The number of para-hydroxylation sites is 1. The molecule has 0 N–H and O–H groups in total. The molecule has 0 saturated carbocycles. The molecule has 0 radical (unpaired) electrons. The van der Waals surface area contributed by atoms with Crippen LogP contribution < -0.4 is 0 Å². The molecule has 0 bridgehead atoms. The fourth-order valence-corrected chi connectivity index (χ4v) is 3.56. The minimum absolute atomic E-state index is 0.574. The molecule has 0 saturated heterocycles. The van der Waals surface area contributed by atoms with Gasteiger partial charge in [-0.1, -0.05) is 56.4 Å². The summed E-state index contributed by atoms with van der Waals surface area (Å²) in [6.45, 7) is 4.83. The fourth-order valence-electron chi connectivity index (χ4n) is 3.56. The molecular formula is C21H29N3O2. The summed E-state index contributed by atoms with van der Waals surface area (Å²) in [7, 11) is 0. The third-order valence-electron chi connectivity index (χ3n) is 4.85. The van der Waals surface area contributed by atoms with Gasteiger partial charge in [0.05, 0.1) is 11.8 Å². The van der Waals surface area contributed by atoms with Crippen LogP contribution in [0.15, 0.2) is 47.1 Å². The molecule has 0 aliphatic carbocycles. The van der Waals surface area contributed by atoms with Gasteiger partial charge in [-0.3, -0.25) is 0 Å². The van der Waals surface area contributed by atoms with Gasteiger partial charge in [-0.25, -0.2) is 4.68 Å². The fraction of sp³-hybridized carbons (Fsp3) is 0.524. The smallest absolute Gasteiger partial charge is 0.221 e. The van der Waals surface area contributed by atoms with Crippen molar-refractivity contribution in [2.75, 3.05) is 6.61 Å². The van der Waals surface area contributed by atoms with Crippen molar-refractivity contribution in [1.82, 2.24) is 15.0 Å². The molecule has 0 spiro atoms. The van der Waals surface area contributed by atoms with E-state index in [9.17, 15) is 0 Å². The Bertz CT molecular complexity index is 782. The summed E-state index contributed by atoms with van der Waals surface area (Å²) in [5, 5.41) is 8.79. The quantitative estimate of drug-likeness (QED) is 0.425. The highest BCUT2D eigenvalue weighted by atomic mass is 16.5. The van der Waals surface area contributed by atoms with Crippen LogP contribution in [0.25, 0.3) is 11.0 Å². The van der Waals surface area contributed by atoms with E-state index in [0.717, 1.165) is 29.6 Å². The van der Waals surface area contributed by atoms with Crippen LogP contribution in [0.3, 0.4) is 0 Å². The maximum Gasteiger partial charge on any atom is 0.221 e. The van der Waals surface area contributed by atoms with Gasteiger partial charge in [0.2, 0.25) is 5.72 Å². The predicted octanol–water partition coefficient (Wildman–Crippen LogP) is 5.51. The second-order valence-electron chi connectivity index (χ2n) is 6.70. The number of furan rings is 1. The molecule has 2 heterocycles. The van der Waals surface area contributed by atoms with Crippen LogP contribution in [0.2, 0.25) is 0 Å². The number of aromatic nitrogens is 3. The van der Waals surface area contributed by atoms with E-state index in [1.54, 1.807) is 6.26 Å². The van der Waals surface area contributed by atoms with Gasteiger partial charge in [0.25, 0.3) is 0 Å². The first-order valence-electron chi connectivity index (χ1n) is 9.80. The minimum Gasteiger partial charge on any atom is -0.464 e. The van der Waals surface area contributed by atoms with E-state index in [1.807, 2.05) is 48.0 Å². The summed E-state index contributed by atoms with van der Waals surface area (Å²) in [6, 6.07) is 11.9. The maximum absolute atomic E-state index is 6.32. The monoisotopic (exact) mass is 355 g/mol. The molecule has 1 atom stereocenters. The normalized spacial score (nSPS) is 13.9. The van der Waals surface area contributed by atoms with Gasteiger partial charge in [0, 0.05) is 13.0 Å². The molecule has 3 aromatic rings. The SMILES string of the molecule is CCCCCCCCC(OCC)(c1ccco1)n1nnc2ccccc21. The summed E-state index contributed by atoms with van der Waals surface area (Å²) in [5.41, 5.74) is 1.08. The molecule has 0 fully saturated rings. The summed E-state index contributed by atoms with van der Waals surface area (Å²) in [5.74, 6) is 0.781. The predicted molar refractivity (Wildman–Crippen MR) is 103 cm³/mol. The highest BCUT2D eigenvalue weighted by Gasteiger charge is 2.40. The summed E-state index contributed by atoms with van der Waals surface area (Å²) >= 11 is 0. The van der Waals surface area contributed by atoms with E-state index in [2.05, 4.69) is 17.2 Å². The van der Waals surface area contributed by atoms with Gasteiger partial charge >= 0.3 is 0 Å². The molecule has 140 valence electrons. The first kappa shape index (κ1) is 18.6. The van der Waals surface area contributed by atoms with Crippen LogP contribution in [0.5, 0.6) is 0 Å². The second-order valence-corrected chi connectivity index (χ2v) is 6.70. The van der Waals surface area contributed by atoms with Crippen molar-refractivity contribution >= 4 is 11.0 Å². The average molecular weight is 355 g/mol. The Morgan fingerprint density at radius 2 is 1.81 bits per heavy atom. The third kappa shape index (κ3) is 3.83. The molecular weight excluding hydrogens is 326 g/mol. The lowest BCUT2D eigenvalue weighted by atomic mass is 10.00. The lowest BCUT2D eigenvalue weighted by molar-refractivity contribution is -0.0965. The van der Waals surface area contributed by atoms with E-state index in [-0.39, 0.29) is 0 Å². The first-order valence-corrected chi connectivity index (χ1v) is 9.80. The Labute approximate surface area is 155 Å². The highest BCUT2D eigenvalue weighted by molar-refractivity contribution is 5.74. The first-order chi connectivity index (χ1) is 12.8. The summed E-state index contributed by atoms with van der Waals surface area (Å²) in [6.07, 6.45) is 9.87. The average Bonchev–Trinajstić information content (AvgIpc) is 3.34. The number of hydrogen-bond donors (Lipinski definition) is 0. The van der Waals surface area contributed by atoms with Crippen LogP contribution in [0, 0.1) is 0 Å². The molecule has 5 nitrogen and oxygen atoms in total. The Kier molecular flexibility index (Phi) is 6.45. The second kappa shape index (κ2) is 8.99. The number of ether oxygens (including phenoxy) is 1. The molecule has 0 aliphatic heterocycles. The van der Waals surface area contributed by atoms with Crippen LogP contribution in [-0.4, -0.2) is 21.6 Å². The number of rotatable bonds is 11. The lowest BCUT2D eigenvalue weighted by Crippen LogP contribution is -2.39. The molecule has 5 heteroatoms. The van der Waals surface area contributed by atoms with Gasteiger partial charge in [-0.2, -0.15) is 0 Å². The molecule has 1 unspecified atom stereocenters. The highest BCUT2D eigenvalue weighted by Crippen LogP contribution is 2.35. The van der Waals surface area contributed by atoms with Gasteiger partial charge in [-0.05, 0) is 37.6 Å². The van der Waals surface area contributed by atoms with E-state index < -0.39 is 5.72 Å².